The lowest BCUT2D eigenvalue weighted by Crippen LogP contribution is -2.25. The summed E-state index contributed by atoms with van der Waals surface area (Å²) >= 11 is 0. The second-order valence-corrected chi connectivity index (χ2v) is 16.2. The topological polar surface area (TPSA) is 51.8 Å². The predicted octanol–water partition coefficient (Wildman–Crippen LogP) is 14.4. The predicted molar refractivity (Wildman–Crippen MR) is 251 cm³/mol. The lowest BCUT2D eigenvalue weighted by molar-refractivity contribution is 0.669. The molecule has 13 rings (SSSR count). The summed E-state index contributed by atoms with van der Waals surface area (Å²) in [4.78, 5) is 15.4. The van der Waals surface area contributed by atoms with Gasteiger partial charge < -0.3 is 4.42 Å². The van der Waals surface area contributed by atoms with E-state index in [0.29, 0.717) is 17.5 Å². The van der Waals surface area contributed by atoms with Gasteiger partial charge in [0.15, 0.2) is 17.5 Å². The molecule has 0 saturated carbocycles. The molecule has 0 radical (unpaired) electrons. The van der Waals surface area contributed by atoms with Crippen molar-refractivity contribution in [3.8, 4) is 78.7 Å². The molecule has 9 aromatic carbocycles. The van der Waals surface area contributed by atoms with E-state index in [4.69, 9.17) is 19.4 Å². The van der Waals surface area contributed by atoms with E-state index in [0.717, 1.165) is 55.3 Å². The standard InChI is InChI=1S/C58H35N3O/c1-2-16-36(17-3-1)55-59-56(39-32-33-45-44-23-9-13-31-52(44)62-53(45)35-39)61-57(60-55)46-24-5-4-20-40(46)37-18-14-19-38(34-37)41-26-15-30-51-54(41)47-25-8-12-29-50(47)58(51)48-27-10-6-21-42(48)43-22-7-11-28-49(43)58/h1-35H. The van der Waals surface area contributed by atoms with Gasteiger partial charge in [0.2, 0.25) is 0 Å². The first-order valence-electron chi connectivity index (χ1n) is 21.1. The van der Waals surface area contributed by atoms with E-state index in [1.54, 1.807) is 0 Å². The number of para-hydroxylation sites is 1. The molecule has 0 bridgehead atoms. The summed E-state index contributed by atoms with van der Waals surface area (Å²) in [6, 6.07) is 75.7. The molecule has 1 spiro atoms. The number of furan rings is 1. The number of hydrogen-bond donors (Lipinski definition) is 0. The lowest BCUT2D eigenvalue weighted by Gasteiger charge is -2.30. The van der Waals surface area contributed by atoms with Crippen molar-refractivity contribution in [2.24, 2.45) is 0 Å². The molecule has 2 aliphatic carbocycles. The average molecular weight is 790 g/mol. The first kappa shape index (κ1) is 34.6. The Balaban J connectivity index is 0.972. The van der Waals surface area contributed by atoms with Crippen molar-refractivity contribution in [1.29, 1.82) is 0 Å². The highest BCUT2D eigenvalue weighted by atomic mass is 16.3. The van der Waals surface area contributed by atoms with Crippen LogP contribution in [-0.4, -0.2) is 15.0 Å². The van der Waals surface area contributed by atoms with Gasteiger partial charge in [0.05, 0.1) is 5.41 Å². The molecule has 0 N–H and O–H groups in total. The Morgan fingerprint density at radius 1 is 0.290 bits per heavy atom. The molecule has 11 aromatic rings. The van der Waals surface area contributed by atoms with Crippen molar-refractivity contribution in [2.45, 2.75) is 5.41 Å². The highest BCUT2D eigenvalue weighted by Gasteiger charge is 2.51. The summed E-state index contributed by atoms with van der Waals surface area (Å²) in [5.74, 6) is 1.80. The first-order valence-corrected chi connectivity index (χ1v) is 21.1. The average Bonchev–Trinajstić information content (AvgIpc) is 3.98. The van der Waals surface area contributed by atoms with Gasteiger partial charge in [-0.15, -0.1) is 0 Å². The summed E-state index contributed by atoms with van der Waals surface area (Å²) in [5, 5.41) is 2.15. The van der Waals surface area contributed by atoms with Gasteiger partial charge in [-0.2, -0.15) is 0 Å². The van der Waals surface area contributed by atoms with E-state index in [-0.39, 0.29) is 0 Å². The molecule has 0 atom stereocenters. The monoisotopic (exact) mass is 789 g/mol. The highest BCUT2D eigenvalue weighted by Crippen LogP contribution is 2.64. The molecule has 0 amide bonds. The first-order chi connectivity index (χ1) is 30.7. The number of aromatic nitrogens is 3. The third-order valence-corrected chi connectivity index (χ3v) is 13.0. The molecule has 2 aliphatic rings. The number of nitrogens with zero attached hydrogens (tertiary/aromatic N) is 3. The van der Waals surface area contributed by atoms with Gasteiger partial charge in [-0.05, 0) is 91.0 Å². The molecule has 0 unspecified atom stereocenters. The third-order valence-electron chi connectivity index (χ3n) is 13.0. The summed E-state index contributed by atoms with van der Waals surface area (Å²) < 4.78 is 6.30. The minimum Gasteiger partial charge on any atom is -0.456 e. The van der Waals surface area contributed by atoms with Crippen molar-refractivity contribution < 1.29 is 4.42 Å². The molecule has 0 aliphatic heterocycles. The Morgan fingerprint density at radius 3 is 1.55 bits per heavy atom. The maximum atomic E-state index is 6.30. The fraction of sp³-hybridized carbons (Fsp3) is 0.0172. The second-order valence-electron chi connectivity index (χ2n) is 16.2. The zero-order valence-electron chi connectivity index (χ0n) is 33.5. The SMILES string of the molecule is c1ccc(-c2nc(-c3ccc4c(c3)oc3ccccc34)nc(-c3ccccc3-c3cccc(-c4cccc5c4-c4ccccc4C54c5ccccc5-c5ccccc54)c3)n2)cc1. The minimum absolute atomic E-state index is 0.402. The van der Waals surface area contributed by atoms with Crippen LogP contribution in [0.5, 0.6) is 0 Å². The van der Waals surface area contributed by atoms with Crippen molar-refractivity contribution >= 4 is 21.9 Å². The molecule has 0 fully saturated rings. The van der Waals surface area contributed by atoms with Gasteiger partial charge in [0, 0.05) is 27.5 Å². The van der Waals surface area contributed by atoms with E-state index in [1.165, 1.54) is 50.1 Å². The van der Waals surface area contributed by atoms with Crippen LogP contribution in [0.25, 0.3) is 101 Å². The summed E-state index contributed by atoms with van der Waals surface area (Å²) in [6.45, 7) is 0. The van der Waals surface area contributed by atoms with Gasteiger partial charge in [-0.25, -0.2) is 15.0 Å². The summed E-state index contributed by atoms with van der Waals surface area (Å²) in [6.07, 6.45) is 0. The normalized spacial score (nSPS) is 13.0. The lowest BCUT2D eigenvalue weighted by atomic mass is 9.70. The van der Waals surface area contributed by atoms with Gasteiger partial charge in [-0.3, -0.25) is 0 Å². The van der Waals surface area contributed by atoms with Crippen LogP contribution in [0.15, 0.2) is 217 Å². The van der Waals surface area contributed by atoms with Crippen LogP contribution in [0, 0.1) is 0 Å². The maximum absolute atomic E-state index is 6.30. The third kappa shape index (κ3) is 4.98. The fourth-order valence-electron chi connectivity index (χ4n) is 10.4. The zero-order valence-corrected chi connectivity index (χ0v) is 33.5. The Morgan fingerprint density at radius 2 is 0.790 bits per heavy atom. The van der Waals surface area contributed by atoms with Crippen LogP contribution >= 0.6 is 0 Å². The van der Waals surface area contributed by atoms with Crippen molar-refractivity contribution in [3.05, 3.63) is 235 Å². The van der Waals surface area contributed by atoms with E-state index in [9.17, 15) is 0 Å². The van der Waals surface area contributed by atoms with Crippen LogP contribution in [-0.2, 0) is 5.41 Å². The van der Waals surface area contributed by atoms with Gasteiger partial charge in [0.1, 0.15) is 11.2 Å². The van der Waals surface area contributed by atoms with Crippen molar-refractivity contribution in [2.75, 3.05) is 0 Å². The molecule has 62 heavy (non-hydrogen) atoms. The largest absolute Gasteiger partial charge is 0.456 e. The van der Waals surface area contributed by atoms with Crippen molar-refractivity contribution in [1.82, 2.24) is 15.0 Å². The number of fused-ring (bicyclic) bond motifs is 13. The van der Waals surface area contributed by atoms with Gasteiger partial charge in [0.25, 0.3) is 0 Å². The second kappa shape index (κ2) is 13.4. The summed E-state index contributed by atoms with van der Waals surface area (Å²) in [5.41, 5.74) is 19.0. The molecule has 2 heterocycles. The van der Waals surface area contributed by atoms with Gasteiger partial charge >= 0.3 is 0 Å². The Labute approximate surface area is 358 Å². The molecule has 2 aromatic heterocycles. The highest BCUT2D eigenvalue weighted by molar-refractivity contribution is 6.06. The minimum atomic E-state index is -0.402. The quantitative estimate of drug-likeness (QED) is 0.174. The molecule has 0 saturated heterocycles. The van der Waals surface area contributed by atoms with Crippen LogP contribution in [0.3, 0.4) is 0 Å². The molecular formula is C58H35N3O. The number of hydrogen-bond acceptors (Lipinski definition) is 4. The van der Waals surface area contributed by atoms with Crippen LogP contribution < -0.4 is 0 Å². The Hall–Kier alpha value is -8.21. The molecular weight excluding hydrogens is 755 g/mol. The van der Waals surface area contributed by atoms with Crippen molar-refractivity contribution in [3.63, 3.8) is 0 Å². The molecule has 288 valence electrons. The number of rotatable bonds is 5. The molecule has 4 nitrogen and oxygen atoms in total. The van der Waals surface area contributed by atoms with E-state index >= 15 is 0 Å². The maximum Gasteiger partial charge on any atom is 0.164 e. The smallest absolute Gasteiger partial charge is 0.164 e. The van der Waals surface area contributed by atoms with E-state index < -0.39 is 5.41 Å². The molecule has 4 heteroatoms. The van der Waals surface area contributed by atoms with Crippen LogP contribution in [0.4, 0.5) is 0 Å². The Kier molecular flexibility index (Phi) is 7.49. The Bertz CT molecular complexity index is 3560. The number of benzene rings is 9. The van der Waals surface area contributed by atoms with Gasteiger partial charge in [-0.1, -0.05) is 188 Å². The summed E-state index contributed by atoms with van der Waals surface area (Å²) in [7, 11) is 0. The zero-order chi connectivity index (χ0) is 40.8. The van der Waals surface area contributed by atoms with E-state index in [1.807, 2.05) is 54.6 Å². The van der Waals surface area contributed by atoms with Crippen LogP contribution in [0.2, 0.25) is 0 Å². The van der Waals surface area contributed by atoms with E-state index in [2.05, 4.69) is 158 Å². The van der Waals surface area contributed by atoms with Crippen LogP contribution in [0.1, 0.15) is 22.3 Å². The fourth-order valence-corrected chi connectivity index (χ4v) is 10.4.